The van der Waals surface area contributed by atoms with Crippen molar-refractivity contribution in [2.75, 3.05) is 7.11 Å². The van der Waals surface area contributed by atoms with E-state index < -0.39 is 5.97 Å². The molecule has 2 N–H and O–H groups in total. The highest BCUT2D eigenvalue weighted by molar-refractivity contribution is 6.31. The summed E-state index contributed by atoms with van der Waals surface area (Å²) in [5, 5.41) is 10.0. The highest BCUT2D eigenvalue weighted by Gasteiger charge is 2.11. The number of nitrogens with one attached hydrogen (secondary N) is 1. The number of ether oxygens (including phenoxy) is 1. The van der Waals surface area contributed by atoms with E-state index >= 15 is 0 Å². The lowest BCUT2D eigenvalue weighted by Crippen LogP contribution is -1.94. The van der Waals surface area contributed by atoms with Gasteiger partial charge in [0, 0.05) is 10.4 Å². The van der Waals surface area contributed by atoms with Crippen LogP contribution in [-0.2, 0) is 0 Å². The second-order valence-electron chi connectivity index (χ2n) is 3.06. The minimum absolute atomic E-state index is 0.116. The molecule has 15 heavy (non-hydrogen) atoms. The Bertz CT molecular complexity index is 533. The Hall–Kier alpha value is -1.68. The van der Waals surface area contributed by atoms with Crippen LogP contribution in [0.3, 0.4) is 0 Å². The number of hydrogen-bond acceptors (Lipinski definition) is 2. The molecular weight excluding hydrogens is 218 g/mol. The number of methoxy groups -OCH3 is 1. The molecule has 0 atom stereocenters. The van der Waals surface area contributed by atoms with Gasteiger partial charge in [-0.05, 0) is 18.2 Å². The van der Waals surface area contributed by atoms with Gasteiger partial charge in [-0.2, -0.15) is 0 Å². The van der Waals surface area contributed by atoms with E-state index in [0.717, 1.165) is 0 Å². The van der Waals surface area contributed by atoms with Gasteiger partial charge in [-0.15, -0.1) is 0 Å². The Balaban J connectivity index is 2.74. The number of H-pyrrole nitrogens is 1. The monoisotopic (exact) mass is 225 g/mol. The summed E-state index contributed by atoms with van der Waals surface area (Å²) in [6.45, 7) is 0. The number of aromatic carboxylic acids is 1. The molecule has 1 aromatic heterocycles. The van der Waals surface area contributed by atoms with Gasteiger partial charge in [-0.3, -0.25) is 0 Å². The molecule has 0 spiro atoms. The zero-order chi connectivity index (χ0) is 11.0. The first kappa shape index (κ1) is 9.86. The highest BCUT2D eigenvalue weighted by Crippen LogP contribution is 2.30. The van der Waals surface area contributed by atoms with Gasteiger partial charge in [0.25, 0.3) is 0 Å². The van der Waals surface area contributed by atoms with Gasteiger partial charge in [-0.25, -0.2) is 4.79 Å². The van der Waals surface area contributed by atoms with Gasteiger partial charge >= 0.3 is 5.97 Å². The largest absolute Gasteiger partial charge is 0.496 e. The van der Waals surface area contributed by atoms with Crippen LogP contribution in [0.15, 0.2) is 18.2 Å². The zero-order valence-corrected chi connectivity index (χ0v) is 8.63. The van der Waals surface area contributed by atoms with Crippen LogP contribution in [-0.4, -0.2) is 23.2 Å². The third-order valence-electron chi connectivity index (χ3n) is 2.12. The standard InChI is InChI=1S/C10H8ClNO3/c1-15-9-3-5(11)2-7-6(9)4-8(12-7)10(13)14/h2-4,12H,1H3,(H,13,14). The molecule has 0 aliphatic carbocycles. The van der Waals surface area contributed by atoms with Crippen molar-refractivity contribution in [2.24, 2.45) is 0 Å². The second kappa shape index (κ2) is 3.47. The Morgan fingerprint density at radius 1 is 1.47 bits per heavy atom. The average Bonchev–Trinajstić information content (AvgIpc) is 2.59. The zero-order valence-electron chi connectivity index (χ0n) is 7.87. The van der Waals surface area contributed by atoms with Crippen molar-refractivity contribution >= 4 is 28.5 Å². The van der Waals surface area contributed by atoms with Crippen molar-refractivity contribution in [1.29, 1.82) is 0 Å². The molecule has 4 nitrogen and oxygen atoms in total. The number of rotatable bonds is 2. The van der Waals surface area contributed by atoms with Crippen LogP contribution in [0.4, 0.5) is 0 Å². The minimum Gasteiger partial charge on any atom is -0.496 e. The summed E-state index contributed by atoms with van der Waals surface area (Å²) in [6, 6.07) is 4.82. The summed E-state index contributed by atoms with van der Waals surface area (Å²) in [5.74, 6) is -0.453. The van der Waals surface area contributed by atoms with Crippen LogP contribution in [0, 0.1) is 0 Å². The highest BCUT2D eigenvalue weighted by atomic mass is 35.5. The fourth-order valence-electron chi connectivity index (χ4n) is 1.45. The van der Waals surface area contributed by atoms with E-state index in [1.807, 2.05) is 0 Å². The van der Waals surface area contributed by atoms with E-state index in [0.29, 0.717) is 21.7 Å². The summed E-state index contributed by atoms with van der Waals surface area (Å²) >= 11 is 5.84. The smallest absolute Gasteiger partial charge is 0.352 e. The number of halogens is 1. The van der Waals surface area contributed by atoms with Crippen molar-refractivity contribution < 1.29 is 14.6 Å². The van der Waals surface area contributed by atoms with E-state index in [9.17, 15) is 4.79 Å². The number of benzene rings is 1. The Morgan fingerprint density at radius 2 is 2.20 bits per heavy atom. The Labute approximate surface area is 90.4 Å². The molecule has 0 aliphatic rings. The van der Waals surface area contributed by atoms with Gasteiger partial charge in [-0.1, -0.05) is 11.6 Å². The normalized spacial score (nSPS) is 10.5. The van der Waals surface area contributed by atoms with E-state index in [1.54, 1.807) is 12.1 Å². The number of aromatic amines is 1. The fourth-order valence-corrected chi connectivity index (χ4v) is 1.66. The fraction of sp³-hybridized carbons (Fsp3) is 0.100. The van der Waals surface area contributed by atoms with Crippen LogP contribution in [0.2, 0.25) is 5.02 Å². The van der Waals surface area contributed by atoms with Crippen molar-refractivity contribution in [1.82, 2.24) is 4.98 Å². The quantitative estimate of drug-likeness (QED) is 0.826. The number of carboxylic acids is 1. The van der Waals surface area contributed by atoms with Crippen LogP contribution in [0.5, 0.6) is 5.75 Å². The molecule has 1 heterocycles. The molecule has 0 amide bonds. The van der Waals surface area contributed by atoms with Crippen LogP contribution >= 0.6 is 11.6 Å². The van der Waals surface area contributed by atoms with E-state index in [4.69, 9.17) is 21.4 Å². The number of aromatic nitrogens is 1. The average molecular weight is 226 g/mol. The summed E-state index contributed by atoms with van der Waals surface area (Å²) in [6.07, 6.45) is 0. The van der Waals surface area contributed by atoms with Gasteiger partial charge in [0.2, 0.25) is 0 Å². The minimum atomic E-state index is -1.01. The predicted molar refractivity (Wildman–Crippen MR) is 56.8 cm³/mol. The maximum atomic E-state index is 10.8. The molecule has 2 aromatic rings. The molecule has 0 saturated carbocycles. The van der Waals surface area contributed by atoms with Crippen molar-refractivity contribution in [3.05, 3.63) is 28.9 Å². The molecular formula is C10H8ClNO3. The third kappa shape index (κ3) is 1.64. The molecule has 0 saturated heterocycles. The Kier molecular flexibility index (Phi) is 2.28. The summed E-state index contributed by atoms with van der Waals surface area (Å²) < 4.78 is 5.10. The second-order valence-corrected chi connectivity index (χ2v) is 3.49. The first-order valence-corrected chi connectivity index (χ1v) is 4.59. The van der Waals surface area contributed by atoms with E-state index in [-0.39, 0.29) is 5.69 Å². The number of carbonyl (C=O) groups is 1. The first-order valence-electron chi connectivity index (χ1n) is 4.21. The number of fused-ring (bicyclic) bond motifs is 1. The van der Waals surface area contributed by atoms with Crippen LogP contribution < -0.4 is 4.74 Å². The molecule has 2 rings (SSSR count). The predicted octanol–water partition coefficient (Wildman–Crippen LogP) is 2.53. The third-order valence-corrected chi connectivity index (χ3v) is 2.33. The Morgan fingerprint density at radius 3 is 2.80 bits per heavy atom. The van der Waals surface area contributed by atoms with Gasteiger partial charge < -0.3 is 14.8 Å². The molecule has 5 heteroatoms. The molecule has 0 unspecified atom stereocenters. The van der Waals surface area contributed by atoms with Crippen LogP contribution in [0.25, 0.3) is 10.9 Å². The topological polar surface area (TPSA) is 62.3 Å². The molecule has 0 radical (unpaired) electrons. The number of hydrogen-bond donors (Lipinski definition) is 2. The maximum Gasteiger partial charge on any atom is 0.352 e. The molecule has 0 bridgehead atoms. The maximum absolute atomic E-state index is 10.8. The van der Waals surface area contributed by atoms with E-state index in [1.165, 1.54) is 13.2 Å². The van der Waals surface area contributed by atoms with Crippen molar-refractivity contribution in [3.63, 3.8) is 0 Å². The van der Waals surface area contributed by atoms with Crippen molar-refractivity contribution in [2.45, 2.75) is 0 Å². The summed E-state index contributed by atoms with van der Waals surface area (Å²) in [4.78, 5) is 13.5. The SMILES string of the molecule is COc1cc(Cl)cc2[nH]c(C(=O)O)cc12. The summed E-state index contributed by atoms with van der Waals surface area (Å²) in [5.41, 5.74) is 0.766. The van der Waals surface area contributed by atoms with Gasteiger partial charge in [0.15, 0.2) is 0 Å². The number of carboxylic acid groups (broad SMARTS) is 1. The molecule has 78 valence electrons. The lowest BCUT2D eigenvalue weighted by atomic mass is 10.2. The lowest BCUT2D eigenvalue weighted by Gasteiger charge is -2.01. The van der Waals surface area contributed by atoms with Gasteiger partial charge in [0.1, 0.15) is 11.4 Å². The van der Waals surface area contributed by atoms with E-state index in [2.05, 4.69) is 4.98 Å². The molecule has 0 fully saturated rings. The molecule has 1 aromatic carbocycles. The van der Waals surface area contributed by atoms with Gasteiger partial charge in [0.05, 0.1) is 12.6 Å². The van der Waals surface area contributed by atoms with Crippen LogP contribution in [0.1, 0.15) is 10.5 Å². The van der Waals surface area contributed by atoms with Crippen molar-refractivity contribution in [3.8, 4) is 5.75 Å². The lowest BCUT2D eigenvalue weighted by molar-refractivity contribution is 0.0691. The first-order chi connectivity index (χ1) is 7.11. The summed E-state index contributed by atoms with van der Waals surface area (Å²) in [7, 11) is 1.51. The molecule has 0 aliphatic heterocycles.